The number of fused-ring (bicyclic) bond motifs is 3. The second-order valence-electron chi connectivity index (χ2n) is 8.88. The van der Waals surface area contributed by atoms with Gasteiger partial charge in [-0.15, -0.1) is 0 Å². The molecule has 33 heavy (non-hydrogen) atoms. The highest BCUT2D eigenvalue weighted by Crippen LogP contribution is 2.32. The van der Waals surface area contributed by atoms with Crippen molar-refractivity contribution in [3.63, 3.8) is 0 Å². The predicted molar refractivity (Wildman–Crippen MR) is 124 cm³/mol. The second kappa shape index (κ2) is 8.76. The first-order valence-electron chi connectivity index (χ1n) is 11.1. The number of hydrogen-bond acceptors (Lipinski definition) is 6. The van der Waals surface area contributed by atoms with E-state index in [9.17, 15) is 14.4 Å². The number of carbonyl (C=O) groups excluding carboxylic acids is 2. The van der Waals surface area contributed by atoms with Gasteiger partial charge in [0.1, 0.15) is 11.2 Å². The molecule has 0 radical (unpaired) electrons. The lowest BCUT2D eigenvalue weighted by atomic mass is 9.93. The number of rotatable bonds is 4. The number of hydrogen-bond donors (Lipinski definition) is 2. The molecule has 2 N–H and O–H groups in total. The number of amides is 2. The normalized spacial score (nSPS) is 15.1. The average Bonchev–Trinajstić information content (AvgIpc) is 3.17. The van der Waals surface area contributed by atoms with E-state index in [1.54, 1.807) is 27.6 Å². The molecule has 0 bridgehead atoms. The number of aromatic nitrogens is 3. The van der Waals surface area contributed by atoms with E-state index in [-0.39, 0.29) is 17.6 Å². The zero-order chi connectivity index (χ0) is 23.8. The molecule has 1 saturated heterocycles. The summed E-state index contributed by atoms with van der Waals surface area (Å²) in [6.45, 7) is 6.85. The zero-order valence-corrected chi connectivity index (χ0v) is 19.3. The Bertz CT molecular complexity index is 1250. The monoisotopic (exact) mass is 455 g/mol. The first-order chi connectivity index (χ1) is 15.7. The lowest BCUT2D eigenvalue weighted by molar-refractivity contribution is 0.00740. The average molecular weight is 456 g/mol. The summed E-state index contributed by atoms with van der Waals surface area (Å²) < 4.78 is 12.1. The van der Waals surface area contributed by atoms with Crippen molar-refractivity contribution in [1.82, 2.24) is 19.5 Å². The molecule has 3 heterocycles. The van der Waals surface area contributed by atoms with E-state index in [0.717, 1.165) is 12.1 Å². The van der Waals surface area contributed by atoms with Gasteiger partial charge in [-0.1, -0.05) is 13.0 Å². The van der Waals surface area contributed by atoms with Gasteiger partial charge in [0.2, 0.25) is 0 Å². The van der Waals surface area contributed by atoms with Crippen LogP contribution in [0.15, 0.2) is 29.1 Å². The van der Waals surface area contributed by atoms with Gasteiger partial charge >= 0.3 is 12.2 Å². The number of piperidine rings is 1. The predicted octanol–water partition coefficient (Wildman–Crippen LogP) is 3.86. The molecule has 4 rings (SSSR count). The Kier molecular flexibility index (Phi) is 6.01. The van der Waals surface area contributed by atoms with Crippen molar-refractivity contribution in [1.29, 1.82) is 0 Å². The van der Waals surface area contributed by atoms with Crippen molar-refractivity contribution in [3.8, 4) is 0 Å². The summed E-state index contributed by atoms with van der Waals surface area (Å²) in [6.07, 6.45) is 1.19. The van der Waals surface area contributed by atoms with Crippen molar-refractivity contribution in [2.75, 3.05) is 25.5 Å². The molecule has 10 nitrogen and oxygen atoms in total. The van der Waals surface area contributed by atoms with Gasteiger partial charge in [0.05, 0.1) is 29.4 Å². The van der Waals surface area contributed by atoms with Gasteiger partial charge in [0, 0.05) is 25.1 Å². The number of H-pyrrole nitrogens is 1. The Hall–Kier alpha value is -3.56. The molecule has 0 aliphatic carbocycles. The SMILES string of the molecule is CCC(C)(C)OC(=O)N1CCC(c2cc(=O)[nH]c3c4c(NC(=O)OC)cccc4nn23)CC1. The fourth-order valence-corrected chi connectivity index (χ4v) is 4.07. The maximum atomic E-state index is 12.5. The van der Waals surface area contributed by atoms with Crippen LogP contribution < -0.4 is 10.9 Å². The Morgan fingerprint density at radius 1 is 1.27 bits per heavy atom. The summed E-state index contributed by atoms with van der Waals surface area (Å²) >= 11 is 0. The molecule has 1 aromatic carbocycles. The molecule has 0 spiro atoms. The van der Waals surface area contributed by atoms with E-state index in [1.165, 1.54) is 7.11 Å². The van der Waals surface area contributed by atoms with Gasteiger partial charge in [-0.3, -0.25) is 10.1 Å². The Labute approximate surface area is 190 Å². The summed E-state index contributed by atoms with van der Waals surface area (Å²) in [5, 5.41) is 8.00. The number of anilines is 1. The summed E-state index contributed by atoms with van der Waals surface area (Å²) in [6, 6.07) is 6.89. The first-order valence-corrected chi connectivity index (χ1v) is 11.1. The molecular formula is C23H29N5O5. The smallest absolute Gasteiger partial charge is 0.411 e. The van der Waals surface area contributed by atoms with Crippen LogP contribution in [0, 0.1) is 0 Å². The number of methoxy groups -OCH3 is 1. The maximum absolute atomic E-state index is 12.5. The minimum absolute atomic E-state index is 0.0457. The Morgan fingerprint density at radius 3 is 2.67 bits per heavy atom. The van der Waals surface area contributed by atoms with E-state index in [2.05, 4.69) is 15.4 Å². The van der Waals surface area contributed by atoms with Crippen LogP contribution in [0.2, 0.25) is 0 Å². The molecule has 3 aromatic rings. The largest absolute Gasteiger partial charge is 0.453 e. The van der Waals surface area contributed by atoms with Crippen molar-refractivity contribution < 1.29 is 19.1 Å². The van der Waals surface area contributed by atoms with Crippen LogP contribution in [-0.2, 0) is 9.47 Å². The lowest BCUT2D eigenvalue weighted by Gasteiger charge is -2.34. The highest BCUT2D eigenvalue weighted by atomic mass is 16.6. The summed E-state index contributed by atoms with van der Waals surface area (Å²) in [5.74, 6) is 0.0457. The van der Waals surface area contributed by atoms with Crippen LogP contribution in [0.25, 0.3) is 16.6 Å². The molecule has 0 saturated carbocycles. The van der Waals surface area contributed by atoms with Gasteiger partial charge in [-0.05, 0) is 45.2 Å². The summed E-state index contributed by atoms with van der Waals surface area (Å²) in [5.41, 5.74) is 1.66. The molecule has 2 amide bonds. The third-order valence-electron chi connectivity index (χ3n) is 6.27. The molecule has 0 atom stereocenters. The number of ether oxygens (including phenoxy) is 2. The number of benzene rings is 1. The quantitative estimate of drug-likeness (QED) is 0.617. The molecule has 2 aromatic heterocycles. The minimum Gasteiger partial charge on any atom is -0.453 e. The second-order valence-corrected chi connectivity index (χ2v) is 8.88. The summed E-state index contributed by atoms with van der Waals surface area (Å²) in [4.78, 5) is 41.4. The van der Waals surface area contributed by atoms with E-state index in [4.69, 9.17) is 9.47 Å². The molecule has 176 valence electrons. The Morgan fingerprint density at radius 2 is 2.00 bits per heavy atom. The summed E-state index contributed by atoms with van der Waals surface area (Å²) in [7, 11) is 1.29. The van der Waals surface area contributed by atoms with Crippen molar-refractivity contribution in [3.05, 3.63) is 40.3 Å². The molecule has 1 fully saturated rings. The molecular weight excluding hydrogens is 426 g/mol. The number of carbonyl (C=O) groups is 2. The first kappa shape index (κ1) is 22.6. The fourth-order valence-electron chi connectivity index (χ4n) is 4.07. The van der Waals surface area contributed by atoms with Crippen LogP contribution >= 0.6 is 0 Å². The lowest BCUT2D eigenvalue weighted by Crippen LogP contribution is -2.42. The van der Waals surface area contributed by atoms with E-state index < -0.39 is 11.7 Å². The highest BCUT2D eigenvalue weighted by Gasteiger charge is 2.30. The molecule has 1 aliphatic rings. The van der Waals surface area contributed by atoms with Crippen LogP contribution in [0.5, 0.6) is 0 Å². The molecule has 10 heteroatoms. The third-order valence-corrected chi connectivity index (χ3v) is 6.27. The van der Waals surface area contributed by atoms with Crippen molar-refractivity contribution >= 4 is 34.4 Å². The van der Waals surface area contributed by atoms with Crippen LogP contribution in [0.1, 0.15) is 51.6 Å². The van der Waals surface area contributed by atoms with Crippen LogP contribution in [0.3, 0.4) is 0 Å². The van der Waals surface area contributed by atoms with Crippen molar-refractivity contribution in [2.24, 2.45) is 0 Å². The van der Waals surface area contributed by atoms with E-state index in [1.807, 2.05) is 26.8 Å². The van der Waals surface area contributed by atoms with Gasteiger partial charge in [0.25, 0.3) is 5.56 Å². The number of likely N-dealkylation sites (tertiary alicyclic amines) is 1. The Balaban J connectivity index is 1.64. The highest BCUT2D eigenvalue weighted by molar-refractivity contribution is 6.06. The molecule has 1 aliphatic heterocycles. The van der Waals surface area contributed by atoms with Crippen LogP contribution in [0.4, 0.5) is 15.3 Å². The number of nitrogens with zero attached hydrogens (tertiary/aromatic N) is 3. The zero-order valence-electron chi connectivity index (χ0n) is 19.3. The van der Waals surface area contributed by atoms with Gasteiger partial charge in [-0.2, -0.15) is 5.10 Å². The number of nitrogens with one attached hydrogen (secondary N) is 2. The molecule has 0 unspecified atom stereocenters. The van der Waals surface area contributed by atoms with Crippen molar-refractivity contribution in [2.45, 2.75) is 51.6 Å². The van der Waals surface area contributed by atoms with Crippen LogP contribution in [-0.4, -0.2) is 57.5 Å². The standard InChI is InChI=1S/C23H29N5O5/c1-5-23(2,3)33-22(31)27-11-9-14(10-12-27)17-13-18(29)25-20-19-15(24-21(30)32-4)7-6-8-16(19)26-28(17)20/h6-8,13-14H,5,9-12H2,1-4H3,(H,24,30)(H,25,29). The van der Waals surface area contributed by atoms with Gasteiger partial charge < -0.3 is 19.4 Å². The van der Waals surface area contributed by atoms with Gasteiger partial charge in [-0.25, -0.2) is 14.1 Å². The minimum atomic E-state index is -0.606. The van der Waals surface area contributed by atoms with E-state index >= 15 is 0 Å². The fraction of sp³-hybridized carbons (Fsp3) is 0.478. The maximum Gasteiger partial charge on any atom is 0.411 e. The number of aromatic amines is 1. The third kappa shape index (κ3) is 4.50. The van der Waals surface area contributed by atoms with Gasteiger partial charge in [0.15, 0.2) is 0 Å². The topological polar surface area (TPSA) is 118 Å². The van der Waals surface area contributed by atoms with E-state index in [0.29, 0.717) is 48.2 Å².